The van der Waals surface area contributed by atoms with Crippen LogP contribution < -0.4 is 15.0 Å². The highest BCUT2D eigenvalue weighted by molar-refractivity contribution is 9.10. The molecule has 31 heavy (non-hydrogen) atoms. The van der Waals surface area contributed by atoms with E-state index in [0.717, 1.165) is 21.2 Å². The van der Waals surface area contributed by atoms with Crippen LogP contribution in [-0.2, 0) is 16.1 Å². The minimum absolute atomic E-state index is 0.0963. The van der Waals surface area contributed by atoms with Crippen molar-refractivity contribution in [1.29, 1.82) is 0 Å². The number of ether oxygens (including phenoxy) is 1. The maximum Gasteiger partial charge on any atom is 0.294 e. The van der Waals surface area contributed by atoms with E-state index in [4.69, 9.17) is 4.74 Å². The third-order valence-electron chi connectivity index (χ3n) is 4.89. The van der Waals surface area contributed by atoms with E-state index in [0.29, 0.717) is 18.0 Å². The van der Waals surface area contributed by atoms with Crippen LogP contribution in [0.25, 0.3) is 6.08 Å². The number of halogens is 1. The molecule has 1 aliphatic rings. The fourth-order valence-electron chi connectivity index (χ4n) is 3.27. The van der Waals surface area contributed by atoms with Gasteiger partial charge in [-0.25, -0.2) is 0 Å². The van der Waals surface area contributed by atoms with Crippen LogP contribution >= 0.6 is 15.9 Å². The molecule has 0 fully saturated rings. The zero-order valence-electron chi connectivity index (χ0n) is 17.0. The fourth-order valence-corrected chi connectivity index (χ4v) is 3.69. The van der Waals surface area contributed by atoms with Crippen LogP contribution in [0, 0.1) is 6.92 Å². The predicted octanol–water partition coefficient (Wildman–Crippen LogP) is 4.84. The predicted molar refractivity (Wildman–Crippen MR) is 125 cm³/mol. The van der Waals surface area contributed by atoms with Gasteiger partial charge < -0.3 is 10.1 Å². The molecule has 0 saturated heterocycles. The summed E-state index contributed by atoms with van der Waals surface area (Å²) in [7, 11) is 0. The molecule has 0 unspecified atom stereocenters. The average Bonchev–Trinajstić information content (AvgIpc) is 2.76. The maximum atomic E-state index is 13.2. The number of anilines is 1. The molecule has 2 amide bonds. The minimum atomic E-state index is -0.357. The van der Waals surface area contributed by atoms with E-state index >= 15 is 0 Å². The summed E-state index contributed by atoms with van der Waals surface area (Å²) in [6.45, 7) is 2.32. The third-order valence-corrected chi connectivity index (χ3v) is 5.38. The lowest BCUT2D eigenvalue weighted by Crippen LogP contribution is -2.44. The zero-order valence-corrected chi connectivity index (χ0v) is 18.6. The molecule has 0 aliphatic carbocycles. The van der Waals surface area contributed by atoms with Gasteiger partial charge in [-0.05, 0) is 48.4 Å². The number of fused-ring (bicyclic) bond motifs is 1. The Morgan fingerprint density at radius 1 is 1.06 bits per heavy atom. The largest absolute Gasteiger partial charge is 0.449 e. The fraction of sp³-hybridized carbons (Fsp3) is 0.120. The van der Waals surface area contributed by atoms with Crippen LogP contribution in [0.15, 0.2) is 83.0 Å². The first kappa shape index (κ1) is 20.9. The molecule has 4 rings (SSSR count). The summed E-state index contributed by atoms with van der Waals surface area (Å²) in [4.78, 5) is 27.3. The van der Waals surface area contributed by atoms with Crippen molar-refractivity contribution >= 4 is 39.5 Å². The summed E-state index contributed by atoms with van der Waals surface area (Å²) in [6.07, 6.45) is 1.68. The van der Waals surface area contributed by atoms with Gasteiger partial charge in [-0.2, -0.15) is 0 Å². The van der Waals surface area contributed by atoms with Crippen molar-refractivity contribution in [1.82, 2.24) is 5.32 Å². The summed E-state index contributed by atoms with van der Waals surface area (Å²) < 4.78 is 6.76. The first-order chi connectivity index (χ1) is 15.0. The summed E-state index contributed by atoms with van der Waals surface area (Å²) in [6, 6.07) is 22.7. The van der Waals surface area contributed by atoms with E-state index < -0.39 is 0 Å². The summed E-state index contributed by atoms with van der Waals surface area (Å²) in [5.41, 5.74) is 3.56. The Balaban J connectivity index is 1.54. The van der Waals surface area contributed by atoms with Gasteiger partial charge in [-0.3, -0.25) is 14.5 Å². The lowest BCUT2D eigenvalue weighted by atomic mass is 10.1. The number of rotatable bonds is 5. The average molecular weight is 477 g/mol. The highest BCUT2D eigenvalue weighted by Crippen LogP contribution is 2.35. The molecule has 1 N–H and O–H groups in total. The van der Waals surface area contributed by atoms with Gasteiger partial charge in [0.25, 0.3) is 5.91 Å². The van der Waals surface area contributed by atoms with Gasteiger partial charge in [0.1, 0.15) is 6.54 Å². The molecule has 0 radical (unpaired) electrons. The molecule has 0 saturated carbocycles. The summed E-state index contributed by atoms with van der Waals surface area (Å²) in [5.74, 6) is 0.106. The number of aryl methyl sites for hydroxylation is 1. The van der Waals surface area contributed by atoms with E-state index in [1.54, 1.807) is 18.2 Å². The quantitative estimate of drug-likeness (QED) is 0.535. The SMILES string of the molecule is Cc1ccc(CNC(=O)CN2C(=O)/C(=C\c3cccc(Br)c3)Oc3ccccc32)cc1. The Morgan fingerprint density at radius 3 is 2.61 bits per heavy atom. The van der Waals surface area contributed by atoms with Crippen LogP contribution in [0.4, 0.5) is 5.69 Å². The monoisotopic (exact) mass is 476 g/mol. The molecular formula is C25H21BrN2O3. The topological polar surface area (TPSA) is 58.6 Å². The molecule has 156 valence electrons. The number of carbonyl (C=O) groups is 2. The van der Waals surface area contributed by atoms with Crippen LogP contribution in [0.3, 0.4) is 0 Å². The van der Waals surface area contributed by atoms with E-state index in [1.165, 1.54) is 4.90 Å². The molecule has 3 aromatic carbocycles. The van der Waals surface area contributed by atoms with E-state index in [2.05, 4.69) is 21.2 Å². The van der Waals surface area contributed by atoms with E-state index in [1.807, 2.05) is 67.6 Å². The maximum absolute atomic E-state index is 13.2. The molecule has 1 heterocycles. The Hall–Kier alpha value is -3.38. The van der Waals surface area contributed by atoms with Crippen molar-refractivity contribution in [3.8, 4) is 5.75 Å². The Morgan fingerprint density at radius 2 is 1.84 bits per heavy atom. The standard InChI is InChI=1S/C25H21BrN2O3/c1-17-9-11-18(12-10-17)15-27-24(29)16-28-21-7-2-3-8-22(21)31-23(25(28)30)14-19-5-4-6-20(26)13-19/h2-14H,15-16H2,1H3,(H,27,29)/b23-14+. The van der Waals surface area contributed by atoms with Crippen molar-refractivity contribution in [2.24, 2.45) is 0 Å². The van der Waals surface area contributed by atoms with Crippen molar-refractivity contribution < 1.29 is 14.3 Å². The van der Waals surface area contributed by atoms with Crippen LogP contribution in [0.2, 0.25) is 0 Å². The number of nitrogens with one attached hydrogen (secondary N) is 1. The van der Waals surface area contributed by atoms with Crippen molar-refractivity contribution in [2.75, 3.05) is 11.4 Å². The molecular weight excluding hydrogens is 456 g/mol. The molecule has 6 heteroatoms. The van der Waals surface area contributed by atoms with Crippen LogP contribution in [0.5, 0.6) is 5.75 Å². The second-order valence-corrected chi connectivity index (χ2v) is 8.20. The highest BCUT2D eigenvalue weighted by atomic mass is 79.9. The molecule has 0 atom stereocenters. The van der Waals surface area contributed by atoms with Gasteiger partial charge in [-0.15, -0.1) is 0 Å². The molecule has 1 aliphatic heterocycles. The molecule has 5 nitrogen and oxygen atoms in total. The lowest BCUT2D eigenvalue weighted by molar-refractivity contribution is -0.123. The van der Waals surface area contributed by atoms with E-state index in [-0.39, 0.29) is 24.1 Å². The van der Waals surface area contributed by atoms with Crippen molar-refractivity contribution in [3.63, 3.8) is 0 Å². The first-order valence-electron chi connectivity index (χ1n) is 9.88. The van der Waals surface area contributed by atoms with Gasteiger partial charge >= 0.3 is 0 Å². The number of benzene rings is 3. The minimum Gasteiger partial charge on any atom is -0.449 e. The van der Waals surface area contributed by atoms with Crippen LogP contribution in [-0.4, -0.2) is 18.4 Å². The second-order valence-electron chi connectivity index (χ2n) is 7.29. The number of carbonyl (C=O) groups excluding carboxylic acids is 2. The first-order valence-corrected chi connectivity index (χ1v) is 10.7. The molecule has 0 spiro atoms. The van der Waals surface area contributed by atoms with Gasteiger partial charge in [0.2, 0.25) is 5.91 Å². The van der Waals surface area contributed by atoms with Crippen LogP contribution in [0.1, 0.15) is 16.7 Å². The third kappa shape index (κ3) is 5.03. The Labute approximate surface area is 189 Å². The smallest absolute Gasteiger partial charge is 0.294 e. The highest BCUT2D eigenvalue weighted by Gasteiger charge is 2.31. The number of nitrogens with zero attached hydrogens (tertiary/aromatic N) is 1. The molecule has 3 aromatic rings. The van der Waals surface area contributed by atoms with Crippen molar-refractivity contribution in [3.05, 3.63) is 99.7 Å². The lowest BCUT2D eigenvalue weighted by Gasteiger charge is -2.30. The molecule has 0 bridgehead atoms. The normalized spacial score (nSPS) is 14.2. The Kier molecular flexibility index (Phi) is 6.18. The zero-order chi connectivity index (χ0) is 21.8. The number of amides is 2. The molecule has 0 aromatic heterocycles. The number of hydrogen-bond donors (Lipinski definition) is 1. The van der Waals surface area contributed by atoms with Gasteiger partial charge in [0.15, 0.2) is 11.5 Å². The Bertz CT molecular complexity index is 1160. The number of para-hydroxylation sites is 2. The summed E-state index contributed by atoms with van der Waals surface area (Å²) >= 11 is 3.43. The summed E-state index contributed by atoms with van der Waals surface area (Å²) in [5, 5.41) is 2.89. The number of hydrogen-bond acceptors (Lipinski definition) is 3. The van der Waals surface area contributed by atoms with Gasteiger partial charge in [0, 0.05) is 11.0 Å². The second kappa shape index (κ2) is 9.18. The van der Waals surface area contributed by atoms with E-state index in [9.17, 15) is 9.59 Å². The van der Waals surface area contributed by atoms with Crippen molar-refractivity contribution in [2.45, 2.75) is 13.5 Å². The van der Waals surface area contributed by atoms with Gasteiger partial charge in [0.05, 0.1) is 5.69 Å². The van der Waals surface area contributed by atoms with Gasteiger partial charge in [-0.1, -0.05) is 70.0 Å².